The molecule has 3 aromatic rings. The van der Waals surface area contributed by atoms with Crippen LogP contribution in [0.3, 0.4) is 0 Å². The molecule has 32 heavy (non-hydrogen) atoms. The second-order valence-electron chi connectivity index (χ2n) is 7.57. The van der Waals surface area contributed by atoms with Crippen LogP contribution < -0.4 is 5.32 Å². The van der Waals surface area contributed by atoms with Crippen molar-refractivity contribution in [1.82, 2.24) is 14.5 Å². The number of carbonyl (C=O) groups is 1. The molecule has 2 heterocycles. The number of hydrogen-bond donors (Lipinski definition) is 1. The van der Waals surface area contributed by atoms with Crippen molar-refractivity contribution in [2.45, 2.75) is 37.6 Å². The summed E-state index contributed by atoms with van der Waals surface area (Å²) >= 11 is 0.978. The largest absolute Gasteiger partial charge is 0.320 e. The molecule has 0 aliphatic carbocycles. The average Bonchev–Trinajstić information content (AvgIpc) is 3.40. The molecule has 0 bridgehead atoms. The van der Waals surface area contributed by atoms with Crippen molar-refractivity contribution >= 4 is 33.0 Å². The van der Waals surface area contributed by atoms with Crippen LogP contribution in [0.4, 0.5) is 14.5 Å². The molecule has 0 saturated carbocycles. The van der Waals surface area contributed by atoms with Crippen LogP contribution in [0, 0.1) is 25.5 Å². The first-order valence-corrected chi connectivity index (χ1v) is 12.1. The third-order valence-electron chi connectivity index (χ3n) is 5.22. The van der Waals surface area contributed by atoms with Gasteiger partial charge in [0.1, 0.15) is 5.01 Å². The van der Waals surface area contributed by atoms with Crippen molar-refractivity contribution in [3.05, 3.63) is 69.2 Å². The summed E-state index contributed by atoms with van der Waals surface area (Å²) in [4.78, 5) is 12.7. The Kier molecular flexibility index (Phi) is 6.06. The Labute approximate surface area is 188 Å². The van der Waals surface area contributed by atoms with Gasteiger partial charge in [0, 0.05) is 18.3 Å². The summed E-state index contributed by atoms with van der Waals surface area (Å²) in [5.41, 5.74) is 1.71. The van der Waals surface area contributed by atoms with E-state index in [4.69, 9.17) is 0 Å². The number of aromatic nitrogens is 2. The van der Waals surface area contributed by atoms with Gasteiger partial charge in [0.15, 0.2) is 11.6 Å². The van der Waals surface area contributed by atoms with E-state index >= 15 is 0 Å². The molecular formula is C21H20F2N4O3S2. The number of rotatable bonds is 5. The van der Waals surface area contributed by atoms with E-state index in [2.05, 4.69) is 15.5 Å². The number of nitrogens with one attached hydrogen (secondary N) is 1. The predicted molar refractivity (Wildman–Crippen MR) is 116 cm³/mol. The molecule has 1 aromatic heterocycles. The third-order valence-corrected chi connectivity index (χ3v) is 8.31. The van der Waals surface area contributed by atoms with Crippen LogP contribution in [0.25, 0.3) is 0 Å². The van der Waals surface area contributed by atoms with Crippen LogP contribution in [0.5, 0.6) is 0 Å². The van der Waals surface area contributed by atoms with Gasteiger partial charge in [-0.1, -0.05) is 29.0 Å². The molecule has 1 saturated heterocycles. The van der Waals surface area contributed by atoms with Gasteiger partial charge in [-0.2, -0.15) is 4.31 Å². The lowest BCUT2D eigenvalue weighted by Crippen LogP contribution is -2.31. The first-order chi connectivity index (χ1) is 15.2. The normalized spacial score (nSPS) is 16.9. The Hall–Kier alpha value is -2.76. The van der Waals surface area contributed by atoms with Gasteiger partial charge >= 0.3 is 0 Å². The van der Waals surface area contributed by atoms with E-state index in [1.807, 2.05) is 13.0 Å². The number of halogens is 2. The predicted octanol–water partition coefficient (Wildman–Crippen LogP) is 4.21. The highest BCUT2D eigenvalue weighted by Gasteiger charge is 2.39. The van der Waals surface area contributed by atoms with Crippen molar-refractivity contribution in [2.24, 2.45) is 0 Å². The molecule has 1 aliphatic heterocycles. The number of sulfonamides is 1. The number of hydrogen-bond acceptors (Lipinski definition) is 6. The first-order valence-electron chi connectivity index (χ1n) is 9.85. The first kappa shape index (κ1) is 22.4. The summed E-state index contributed by atoms with van der Waals surface area (Å²) in [5.74, 6) is -2.74. The maximum atomic E-state index is 13.4. The third kappa shape index (κ3) is 4.27. The van der Waals surface area contributed by atoms with Crippen LogP contribution in [-0.2, 0) is 10.0 Å². The minimum atomic E-state index is -3.76. The fraction of sp³-hybridized carbons (Fsp3) is 0.286. The molecule has 0 spiro atoms. The number of amides is 1. The van der Waals surface area contributed by atoms with Crippen molar-refractivity contribution in [1.29, 1.82) is 0 Å². The molecule has 0 radical (unpaired) electrons. The smallest absolute Gasteiger partial charge is 0.286 e. The molecule has 1 unspecified atom stereocenters. The molecule has 11 heteroatoms. The number of anilines is 1. The van der Waals surface area contributed by atoms with Crippen molar-refractivity contribution in [2.75, 3.05) is 11.9 Å². The summed E-state index contributed by atoms with van der Waals surface area (Å²) in [6.07, 6.45) is 1.22. The summed E-state index contributed by atoms with van der Waals surface area (Å²) in [6, 6.07) is 7.67. The van der Waals surface area contributed by atoms with E-state index in [1.54, 1.807) is 19.1 Å². The van der Waals surface area contributed by atoms with Gasteiger partial charge in [0.05, 0.1) is 10.9 Å². The highest BCUT2D eigenvalue weighted by Crippen LogP contribution is 2.38. The molecule has 1 N–H and O–H groups in total. The quantitative estimate of drug-likeness (QED) is 0.593. The molecule has 168 valence electrons. The van der Waals surface area contributed by atoms with E-state index in [0.29, 0.717) is 30.0 Å². The Morgan fingerprint density at radius 3 is 2.62 bits per heavy atom. The van der Waals surface area contributed by atoms with E-state index in [0.717, 1.165) is 29.0 Å². The monoisotopic (exact) mass is 478 g/mol. The standard InChI is InChI=1S/C21H20F2N4O3S2/c1-12-5-8-18(13(2)10-12)32(29,30)27-9-3-4-17(27)20-25-26-21(31-20)19(28)24-14-6-7-15(22)16(23)11-14/h5-8,10-11,17H,3-4,9H2,1-2H3,(H,24,28). The van der Waals surface area contributed by atoms with Crippen LogP contribution in [0.15, 0.2) is 41.3 Å². The van der Waals surface area contributed by atoms with Gasteiger partial charge in [-0.15, -0.1) is 10.2 Å². The number of benzene rings is 2. The van der Waals surface area contributed by atoms with Crippen molar-refractivity contribution < 1.29 is 22.0 Å². The van der Waals surface area contributed by atoms with E-state index in [-0.39, 0.29) is 15.6 Å². The Morgan fingerprint density at radius 1 is 1.12 bits per heavy atom. The van der Waals surface area contributed by atoms with Gasteiger partial charge in [0.2, 0.25) is 15.0 Å². The topological polar surface area (TPSA) is 92.3 Å². The van der Waals surface area contributed by atoms with Gasteiger partial charge in [-0.3, -0.25) is 4.79 Å². The minimum absolute atomic E-state index is 0.000461. The SMILES string of the molecule is Cc1ccc(S(=O)(=O)N2CCCC2c2nnc(C(=O)Nc3ccc(F)c(F)c3)s2)c(C)c1. The van der Waals surface area contributed by atoms with Crippen LogP contribution in [0.1, 0.15) is 44.8 Å². The number of carbonyl (C=O) groups excluding carboxylic acids is 1. The number of nitrogens with zero attached hydrogens (tertiary/aromatic N) is 3. The summed E-state index contributed by atoms with van der Waals surface area (Å²) in [5, 5.41) is 10.8. The Morgan fingerprint density at radius 2 is 1.91 bits per heavy atom. The second-order valence-corrected chi connectivity index (χ2v) is 10.4. The molecular weight excluding hydrogens is 458 g/mol. The zero-order chi connectivity index (χ0) is 23.0. The zero-order valence-corrected chi connectivity index (χ0v) is 18.9. The van der Waals surface area contributed by atoms with Crippen LogP contribution in [0.2, 0.25) is 0 Å². The second kappa shape index (κ2) is 8.64. The van der Waals surface area contributed by atoms with E-state index in [9.17, 15) is 22.0 Å². The average molecular weight is 479 g/mol. The summed E-state index contributed by atoms with van der Waals surface area (Å²) in [6.45, 7) is 4.00. The molecule has 1 atom stereocenters. The summed E-state index contributed by atoms with van der Waals surface area (Å²) < 4.78 is 54.5. The van der Waals surface area contributed by atoms with Crippen LogP contribution in [-0.4, -0.2) is 35.4 Å². The Bertz CT molecular complexity index is 1290. The molecule has 7 nitrogen and oxygen atoms in total. The van der Waals surface area contributed by atoms with Crippen molar-refractivity contribution in [3.8, 4) is 0 Å². The maximum Gasteiger partial charge on any atom is 0.286 e. The van der Waals surface area contributed by atoms with Crippen molar-refractivity contribution in [3.63, 3.8) is 0 Å². The Balaban J connectivity index is 1.56. The van der Waals surface area contributed by atoms with Gasteiger partial charge in [-0.25, -0.2) is 17.2 Å². The fourth-order valence-electron chi connectivity index (χ4n) is 3.71. The zero-order valence-electron chi connectivity index (χ0n) is 17.3. The van der Waals surface area contributed by atoms with E-state index in [1.165, 1.54) is 10.4 Å². The van der Waals surface area contributed by atoms with Gasteiger partial charge in [-0.05, 0) is 50.5 Å². The van der Waals surface area contributed by atoms with Gasteiger partial charge < -0.3 is 5.32 Å². The lowest BCUT2D eigenvalue weighted by molar-refractivity contribution is 0.102. The molecule has 2 aromatic carbocycles. The van der Waals surface area contributed by atoms with Crippen LogP contribution >= 0.6 is 11.3 Å². The fourth-order valence-corrected chi connectivity index (χ4v) is 6.53. The molecule has 1 amide bonds. The highest BCUT2D eigenvalue weighted by molar-refractivity contribution is 7.89. The molecule has 1 fully saturated rings. The van der Waals surface area contributed by atoms with Gasteiger partial charge in [0.25, 0.3) is 5.91 Å². The number of aryl methyl sites for hydroxylation is 2. The molecule has 1 aliphatic rings. The molecule has 4 rings (SSSR count). The van der Waals surface area contributed by atoms with E-state index < -0.39 is 33.6 Å². The lowest BCUT2D eigenvalue weighted by Gasteiger charge is -2.23. The highest BCUT2D eigenvalue weighted by atomic mass is 32.2. The lowest BCUT2D eigenvalue weighted by atomic mass is 10.2. The maximum absolute atomic E-state index is 13.4. The summed E-state index contributed by atoms with van der Waals surface area (Å²) in [7, 11) is -3.76. The minimum Gasteiger partial charge on any atom is -0.320 e.